The summed E-state index contributed by atoms with van der Waals surface area (Å²) in [5, 5.41) is 18.3. The van der Waals surface area contributed by atoms with E-state index < -0.39 is 4.92 Å². The molecule has 0 atom stereocenters. The first-order valence-corrected chi connectivity index (χ1v) is 8.82. The van der Waals surface area contributed by atoms with Crippen LogP contribution in [0.2, 0.25) is 10.0 Å². The molecule has 3 aromatic rings. The van der Waals surface area contributed by atoms with Crippen molar-refractivity contribution < 1.29 is 9.66 Å². The fourth-order valence-corrected chi connectivity index (χ4v) is 2.76. The summed E-state index contributed by atoms with van der Waals surface area (Å²) in [5.41, 5.74) is 1.00. The van der Waals surface area contributed by atoms with Gasteiger partial charge in [0.2, 0.25) is 11.6 Å². The zero-order chi connectivity index (χ0) is 20.1. The molecule has 0 unspecified atom stereocenters. The molecule has 0 spiro atoms. The van der Waals surface area contributed by atoms with E-state index in [1.807, 2.05) is 12.1 Å². The molecule has 8 nitrogen and oxygen atoms in total. The van der Waals surface area contributed by atoms with E-state index in [0.717, 1.165) is 11.3 Å². The van der Waals surface area contributed by atoms with Crippen LogP contribution in [-0.2, 0) is 6.54 Å². The van der Waals surface area contributed by atoms with Crippen LogP contribution >= 0.6 is 23.2 Å². The van der Waals surface area contributed by atoms with Gasteiger partial charge in [-0.3, -0.25) is 10.1 Å². The Hall–Kier alpha value is -3.10. The van der Waals surface area contributed by atoms with Crippen molar-refractivity contribution in [3.63, 3.8) is 0 Å². The van der Waals surface area contributed by atoms with Crippen LogP contribution in [0.3, 0.4) is 0 Å². The number of nitrogens with zero attached hydrogens (tertiary/aromatic N) is 3. The van der Waals surface area contributed by atoms with Crippen LogP contribution in [0.15, 0.2) is 48.8 Å². The maximum absolute atomic E-state index is 11.6. The van der Waals surface area contributed by atoms with Crippen LogP contribution in [0.5, 0.6) is 5.75 Å². The van der Waals surface area contributed by atoms with Gasteiger partial charge in [0.15, 0.2) is 0 Å². The number of nitrogens with one attached hydrogen (secondary N) is 2. The second kappa shape index (κ2) is 8.73. The minimum Gasteiger partial charge on any atom is -0.497 e. The van der Waals surface area contributed by atoms with E-state index in [4.69, 9.17) is 27.9 Å². The van der Waals surface area contributed by atoms with Crippen molar-refractivity contribution in [2.75, 3.05) is 17.7 Å². The van der Waals surface area contributed by atoms with Gasteiger partial charge in [-0.25, -0.2) is 9.97 Å². The van der Waals surface area contributed by atoms with Crippen LogP contribution in [0, 0.1) is 10.1 Å². The second-order valence-electron chi connectivity index (χ2n) is 5.63. The van der Waals surface area contributed by atoms with Gasteiger partial charge in [-0.1, -0.05) is 35.3 Å². The van der Waals surface area contributed by atoms with Gasteiger partial charge < -0.3 is 15.4 Å². The highest BCUT2D eigenvalue weighted by Gasteiger charge is 2.23. The highest BCUT2D eigenvalue weighted by Crippen LogP contribution is 2.34. The minimum atomic E-state index is -0.558. The van der Waals surface area contributed by atoms with Crippen molar-refractivity contribution in [1.29, 1.82) is 0 Å². The highest BCUT2D eigenvalue weighted by atomic mass is 35.5. The number of ether oxygens (including phenoxy) is 1. The summed E-state index contributed by atoms with van der Waals surface area (Å²) in [6.07, 6.45) is 1.23. The van der Waals surface area contributed by atoms with Gasteiger partial charge in [-0.2, -0.15) is 0 Å². The maximum atomic E-state index is 11.6. The third kappa shape index (κ3) is 4.59. The fourth-order valence-electron chi connectivity index (χ4n) is 2.42. The van der Waals surface area contributed by atoms with Crippen molar-refractivity contribution in [3.8, 4) is 5.75 Å². The predicted octanol–water partition coefficient (Wildman–Crippen LogP) is 5.06. The summed E-state index contributed by atoms with van der Waals surface area (Å²) < 4.78 is 5.11. The van der Waals surface area contributed by atoms with Crippen molar-refractivity contribution in [3.05, 3.63) is 74.5 Å². The summed E-state index contributed by atoms with van der Waals surface area (Å²) in [6, 6.07) is 12.1. The van der Waals surface area contributed by atoms with Gasteiger partial charge in [0.25, 0.3) is 0 Å². The van der Waals surface area contributed by atoms with E-state index >= 15 is 0 Å². The number of rotatable bonds is 7. The van der Waals surface area contributed by atoms with Crippen LogP contribution in [0.4, 0.5) is 23.0 Å². The van der Waals surface area contributed by atoms with Crippen LogP contribution in [0.1, 0.15) is 5.56 Å². The Balaban J connectivity index is 1.86. The summed E-state index contributed by atoms with van der Waals surface area (Å²) in [5.74, 6) is 0.805. The largest absolute Gasteiger partial charge is 0.497 e. The number of methoxy groups -OCH3 is 1. The molecule has 1 heterocycles. The quantitative estimate of drug-likeness (QED) is 0.407. The first kappa shape index (κ1) is 19.7. The number of benzene rings is 2. The summed E-state index contributed by atoms with van der Waals surface area (Å²) in [4.78, 5) is 19.1. The van der Waals surface area contributed by atoms with Crippen molar-refractivity contribution in [2.24, 2.45) is 0 Å². The molecule has 1 aromatic heterocycles. The van der Waals surface area contributed by atoms with E-state index in [1.54, 1.807) is 37.4 Å². The van der Waals surface area contributed by atoms with Crippen molar-refractivity contribution in [2.45, 2.75) is 6.54 Å². The number of hydrogen-bond acceptors (Lipinski definition) is 7. The van der Waals surface area contributed by atoms with E-state index in [0.29, 0.717) is 22.3 Å². The average Bonchev–Trinajstić information content (AvgIpc) is 2.69. The topological polar surface area (TPSA) is 102 Å². The zero-order valence-electron chi connectivity index (χ0n) is 14.6. The van der Waals surface area contributed by atoms with E-state index in [2.05, 4.69) is 20.6 Å². The molecule has 0 aliphatic rings. The zero-order valence-corrected chi connectivity index (χ0v) is 16.2. The first-order chi connectivity index (χ1) is 13.5. The standard InChI is InChI=1S/C18H15Cl2N5O3/c1-28-13-5-2-11(3-6-13)9-21-17-16(25(26)27)18(23-10-22-17)24-15-8-12(19)4-7-14(15)20/h2-8,10H,9H2,1H3,(H2,21,22,23,24). The molecule has 2 aromatic carbocycles. The molecule has 0 aliphatic carbocycles. The molecule has 28 heavy (non-hydrogen) atoms. The van der Waals surface area contributed by atoms with E-state index in [1.165, 1.54) is 6.33 Å². The summed E-state index contributed by atoms with van der Waals surface area (Å²) in [7, 11) is 1.58. The Morgan fingerprint density at radius 3 is 2.50 bits per heavy atom. The third-order valence-corrected chi connectivity index (χ3v) is 4.37. The molecule has 0 amide bonds. The average molecular weight is 420 g/mol. The monoisotopic (exact) mass is 419 g/mol. The first-order valence-electron chi connectivity index (χ1n) is 8.06. The molecule has 0 radical (unpaired) electrons. The Bertz CT molecular complexity index is 999. The molecule has 0 fully saturated rings. The van der Waals surface area contributed by atoms with Crippen molar-refractivity contribution >= 4 is 46.2 Å². The number of nitro groups is 1. The molecule has 3 rings (SSSR count). The summed E-state index contributed by atoms with van der Waals surface area (Å²) in [6.45, 7) is 0.333. The molecular formula is C18H15Cl2N5O3. The molecule has 0 aliphatic heterocycles. The van der Waals surface area contributed by atoms with Crippen LogP contribution in [0.25, 0.3) is 0 Å². The van der Waals surface area contributed by atoms with Gasteiger partial charge >= 0.3 is 5.69 Å². The molecule has 0 saturated carbocycles. The van der Waals surface area contributed by atoms with Gasteiger partial charge in [-0.05, 0) is 35.9 Å². The van der Waals surface area contributed by atoms with Gasteiger partial charge in [-0.15, -0.1) is 0 Å². The Morgan fingerprint density at radius 2 is 1.82 bits per heavy atom. The number of aromatic nitrogens is 2. The van der Waals surface area contributed by atoms with Crippen LogP contribution in [-0.4, -0.2) is 22.0 Å². The lowest BCUT2D eigenvalue weighted by Gasteiger charge is -2.11. The molecule has 2 N–H and O–H groups in total. The SMILES string of the molecule is COc1ccc(CNc2ncnc(Nc3cc(Cl)ccc3Cl)c2[N+](=O)[O-])cc1. The third-order valence-electron chi connectivity index (χ3n) is 3.81. The minimum absolute atomic E-state index is 0.00129. The number of anilines is 3. The van der Waals surface area contributed by atoms with E-state index in [-0.39, 0.29) is 17.3 Å². The normalized spacial score (nSPS) is 10.4. The smallest absolute Gasteiger partial charge is 0.353 e. The van der Waals surface area contributed by atoms with Gasteiger partial charge in [0.05, 0.1) is 22.7 Å². The lowest BCUT2D eigenvalue weighted by atomic mass is 10.2. The highest BCUT2D eigenvalue weighted by molar-refractivity contribution is 6.35. The Labute approximate surface area is 170 Å². The summed E-state index contributed by atoms with van der Waals surface area (Å²) >= 11 is 12.1. The van der Waals surface area contributed by atoms with Gasteiger partial charge in [0, 0.05) is 11.6 Å². The molecule has 0 saturated heterocycles. The predicted molar refractivity (Wildman–Crippen MR) is 109 cm³/mol. The number of halogens is 2. The molecule has 144 valence electrons. The fraction of sp³-hybridized carbons (Fsp3) is 0.111. The molecular weight excluding hydrogens is 405 g/mol. The van der Waals surface area contributed by atoms with Gasteiger partial charge in [0.1, 0.15) is 12.1 Å². The molecule has 10 heteroatoms. The van der Waals surface area contributed by atoms with E-state index in [9.17, 15) is 10.1 Å². The van der Waals surface area contributed by atoms with Crippen LogP contribution < -0.4 is 15.4 Å². The Morgan fingerprint density at radius 1 is 1.11 bits per heavy atom. The Kier molecular flexibility index (Phi) is 6.13. The number of hydrogen-bond donors (Lipinski definition) is 2. The second-order valence-corrected chi connectivity index (χ2v) is 6.47. The lowest BCUT2D eigenvalue weighted by Crippen LogP contribution is -2.08. The maximum Gasteiger partial charge on any atom is 0.353 e. The van der Waals surface area contributed by atoms with Crippen molar-refractivity contribution in [1.82, 2.24) is 9.97 Å². The molecule has 0 bridgehead atoms. The lowest BCUT2D eigenvalue weighted by molar-refractivity contribution is -0.383.